The largest absolute Gasteiger partial charge is 0.497 e. The third kappa shape index (κ3) is 3.79. The summed E-state index contributed by atoms with van der Waals surface area (Å²) in [5, 5.41) is 0. The maximum atomic E-state index is 6.17. The zero-order valence-corrected chi connectivity index (χ0v) is 11.1. The average molecular weight is 258 g/mol. The molecule has 1 saturated carbocycles. The van der Waals surface area contributed by atoms with Crippen molar-refractivity contribution in [3.8, 4) is 11.5 Å². The normalized spacial score (nSPS) is 15.9. The fourth-order valence-electron chi connectivity index (χ4n) is 1.89. The van der Waals surface area contributed by atoms with Crippen LogP contribution in [0.2, 0.25) is 0 Å². The molecule has 1 atom stereocenters. The van der Waals surface area contributed by atoms with Gasteiger partial charge in [-0.05, 0) is 30.0 Å². The smallest absolute Gasteiger partial charge is 0.122 e. The number of halogens is 1. The third-order valence-electron chi connectivity index (χ3n) is 3.09. The molecule has 1 aliphatic carbocycles. The van der Waals surface area contributed by atoms with Crippen molar-refractivity contribution < 1.29 is 9.47 Å². The summed E-state index contributed by atoms with van der Waals surface area (Å²) in [4.78, 5) is 0. The number of methoxy groups -OCH3 is 2. The summed E-state index contributed by atoms with van der Waals surface area (Å²) in [5.74, 6) is 2.44. The molecule has 1 aliphatic rings. The maximum Gasteiger partial charge on any atom is 0.122 e. The van der Waals surface area contributed by atoms with Crippen molar-refractivity contribution in [1.29, 1.82) is 0 Å². The Bertz CT molecular complexity index is 344. The molecule has 0 amide bonds. The molecule has 1 aromatic carbocycles. The first-order valence-electron chi connectivity index (χ1n) is 5.71. The minimum absolute atomic E-state index is 0. The summed E-state index contributed by atoms with van der Waals surface area (Å²) >= 11 is 0. The molecule has 0 heterocycles. The predicted octanol–water partition coefficient (Wildman–Crippen LogP) is 2.93. The monoisotopic (exact) mass is 257 g/mol. The summed E-state index contributed by atoms with van der Waals surface area (Å²) in [6, 6.07) is 5.95. The molecule has 0 bridgehead atoms. The van der Waals surface area contributed by atoms with Crippen LogP contribution in [-0.4, -0.2) is 14.2 Å². The van der Waals surface area contributed by atoms with E-state index < -0.39 is 0 Å². The molecule has 0 radical (unpaired) electrons. The first-order valence-corrected chi connectivity index (χ1v) is 5.71. The van der Waals surface area contributed by atoms with Crippen molar-refractivity contribution >= 4 is 12.4 Å². The van der Waals surface area contributed by atoms with Crippen molar-refractivity contribution in [2.75, 3.05) is 14.2 Å². The van der Waals surface area contributed by atoms with Gasteiger partial charge in [0.05, 0.1) is 14.2 Å². The Balaban J connectivity index is 0.00000144. The molecule has 2 rings (SSSR count). The lowest BCUT2D eigenvalue weighted by Crippen LogP contribution is -2.11. The third-order valence-corrected chi connectivity index (χ3v) is 3.09. The second kappa shape index (κ2) is 6.12. The molecule has 1 aromatic rings. The molecule has 17 heavy (non-hydrogen) atoms. The maximum absolute atomic E-state index is 6.17. The summed E-state index contributed by atoms with van der Waals surface area (Å²) in [5.41, 5.74) is 7.27. The molecule has 0 aromatic heterocycles. The summed E-state index contributed by atoms with van der Waals surface area (Å²) in [6.45, 7) is 0. The van der Waals surface area contributed by atoms with Gasteiger partial charge < -0.3 is 15.2 Å². The highest BCUT2D eigenvalue weighted by Crippen LogP contribution is 2.38. The lowest BCUT2D eigenvalue weighted by molar-refractivity contribution is 0.392. The van der Waals surface area contributed by atoms with Crippen LogP contribution in [0.25, 0.3) is 0 Å². The van der Waals surface area contributed by atoms with Crippen LogP contribution < -0.4 is 15.2 Å². The van der Waals surface area contributed by atoms with Gasteiger partial charge in [-0.1, -0.05) is 12.8 Å². The molecule has 3 nitrogen and oxygen atoms in total. The Labute approximate surface area is 109 Å². The number of hydrogen-bond donors (Lipinski definition) is 1. The van der Waals surface area contributed by atoms with Crippen LogP contribution in [0.1, 0.15) is 30.9 Å². The highest BCUT2D eigenvalue weighted by atomic mass is 35.5. The van der Waals surface area contributed by atoms with E-state index in [1.807, 2.05) is 18.2 Å². The van der Waals surface area contributed by atoms with Gasteiger partial charge in [0, 0.05) is 12.1 Å². The van der Waals surface area contributed by atoms with Crippen LogP contribution in [0.5, 0.6) is 11.5 Å². The second-order valence-electron chi connectivity index (χ2n) is 4.43. The Morgan fingerprint density at radius 2 is 1.71 bits per heavy atom. The van der Waals surface area contributed by atoms with Crippen molar-refractivity contribution in [3.05, 3.63) is 23.8 Å². The van der Waals surface area contributed by atoms with E-state index in [0.29, 0.717) is 0 Å². The fourth-order valence-corrected chi connectivity index (χ4v) is 1.89. The lowest BCUT2D eigenvalue weighted by Gasteiger charge is -2.14. The Morgan fingerprint density at radius 3 is 2.12 bits per heavy atom. The topological polar surface area (TPSA) is 44.5 Å². The molecule has 4 heteroatoms. The van der Waals surface area contributed by atoms with Gasteiger partial charge in [0.25, 0.3) is 0 Å². The van der Waals surface area contributed by atoms with E-state index in [9.17, 15) is 0 Å². The van der Waals surface area contributed by atoms with Crippen LogP contribution in [0.3, 0.4) is 0 Å². The Hall–Kier alpha value is -0.930. The van der Waals surface area contributed by atoms with E-state index in [4.69, 9.17) is 15.2 Å². The first-order chi connectivity index (χ1) is 7.72. The van der Waals surface area contributed by atoms with E-state index in [2.05, 4.69) is 0 Å². The van der Waals surface area contributed by atoms with Gasteiger partial charge in [0.1, 0.15) is 11.5 Å². The fraction of sp³-hybridized carbons (Fsp3) is 0.538. The lowest BCUT2D eigenvalue weighted by atomic mass is 10.0. The summed E-state index contributed by atoms with van der Waals surface area (Å²) in [7, 11) is 3.32. The highest BCUT2D eigenvalue weighted by Gasteiger charge is 2.24. The average Bonchev–Trinajstić information content (AvgIpc) is 3.12. The van der Waals surface area contributed by atoms with Gasteiger partial charge in [-0.25, -0.2) is 0 Å². The number of benzene rings is 1. The van der Waals surface area contributed by atoms with Crippen molar-refractivity contribution in [1.82, 2.24) is 0 Å². The van der Waals surface area contributed by atoms with Gasteiger partial charge in [0.15, 0.2) is 0 Å². The zero-order valence-electron chi connectivity index (χ0n) is 10.3. The van der Waals surface area contributed by atoms with Crippen LogP contribution >= 0.6 is 12.4 Å². The molecule has 96 valence electrons. The number of nitrogens with two attached hydrogens (primary N) is 1. The Kier molecular flexibility index (Phi) is 5.09. The summed E-state index contributed by atoms with van der Waals surface area (Å²) in [6.07, 6.45) is 3.72. The second-order valence-corrected chi connectivity index (χ2v) is 4.43. The molecule has 2 N–H and O–H groups in total. The van der Waals surface area contributed by atoms with E-state index in [0.717, 1.165) is 29.4 Å². The zero-order chi connectivity index (χ0) is 11.5. The first kappa shape index (κ1) is 14.1. The molecule has 0 unspecified atom stereocenters. The van der Waals surface area contributed by atoms with E-state index in [-0.39, 0.29) is 18.4 Å². The SMILES string of the molecule is COc1cc(OC)cc([C@@H](N)CC2CC2)c1.Cl. The van der Waals surface area contributed by atoms with Gasteiger partial charge >= 0.3 is 0 Å². The molecular formula is C13H20ClNO2. The van der Waals surface area contributed by atoms with Crippen LogP contribution in [0.15, 0.2) is 18.2 Å². The number of ether oxygens (including phenoxy) is 2. The molecule has 0 aliphatic heterocycles. The van der Waals surface area contributed by atoms with E-state index >= 15 is 0 Å². The highest BCUT2D eigenvalue weighted by molar-refractivity contribution is 5.85. The molecule has 1 fully saturated rings. The predicted molar refractivity (Wildman–Crippen MR) is 71.1 cm³/mol. The molecule has 0 spiro atoms. The van der Waals surface area contributed by atoms with Crippen LogP contribution in [0, 0.1) is 5.92 Å². The van der Waals surface area contributed by atoms with Crippen molar-refractivity contribution in [2.24, 2.45) is 11.7 Å². The van der Waals surface area contributed by atoms with Crippen LogP contribution in [-0.2, 0) is 0 Å². The minimum atomic E-state index is 0. The minimum Gasteiger partial charge on any atom is -0.497 e. The van der Waals surface area contributed by atoms with Gasteiger partial charge in [-0.15, -0.1) is 12.4 Å². The number of hydrogen-bond acceptors (Lipinski definition) is 3. The van der Waals surface area contributed by atoms with E-state index in [1.54, 1.807) is 14.2 Å². The molecular weight excluding hydrogens is 238 g/mol. The number of rotatable bonds is 5. The van der Waals surface area contributed by atoms with Crippen molar-refractivity contribution in [2.45, 2.75) is 25.3 Å². The Morgan fingerprint density at radius 1 is 1.18 bits per heavy atom. The molecule has 0 saturated heterocycles. The standard InChI is InChI=1S/C13H19NO2.ClH/c1-15-11-6-10(7-12(8-11)16-2)13(14)5-9-3-4-9;/h6-9,13H,3-5,14H2,1-2H3;1H/t13-;/m0./s1. The van der Waals surface area contributed by atoms with E-state index in [1.165, 1.54) is 12.8 Å². The summed E-state index contributed by atoms with van der Waals surface area (Å²) < 4.78 is 10.5. The quantitative estimate of drug-likeness (QED) is 0.882. The van der Waals surface area contributed by atoms with Gasteiger partial charge in [0.2, 0.25) is 0 Å². The van der Waals surface area contributed by atoms with Gasteiger partial charge in [-0.3, -0.25) is 0 Å². The van der Waals surface area contributed by atoms with Crippen molar-refractivity contribution in [3.63, 3.8) is 0 Å². The van der Waals surface area contributed by atoms with Crippen LogP contribution in [0.4, 0.5) is 0 Å². The van der Waals surface area contributed by atoms with Gasteiger partial charge in [-0.2, -0.15) is 0 Å².